The zero-order valence-electron chi connectivity index (χ0n) is 12.5. The second kappa shape index (κ2) is 6.22. The molecule has 0 saturated carbocycles. The Morgan fingerprint density at radius 3 is 2.62 bits per heavy atom. The highest BCUT2D eigenvalue weighted by molar-refractivity contribution is 5.79. The summed E-state index contributed by atoms with van der Waals surface area (Å²) in [6, 6.07) is 11.7. The van der Waals surface area contributed by atoms with E-state index in [9.17, 15) is 9.90 Å². The van der Waals surface area contributed by atoms with Gasteiger partial charge in [-0.05, 0) is 24.5 Å². The molecule has 2 aromatic rings. The number of para-hydroxylation sites is 1. The lowest BCUT2D eigenvalue weighted by molar-refractivity contribution is -0.149. The van der Waals surface area contributed by atoms with Gasteiger partial charge in [0.2, 0.25) is 0 Å². The Kier molecular flexibility index (Phi) is 4.58. The van der Waals surface area contributed by atoms with Gasteiger partial charge in [-0.1, -0.05) is 38.1 Å². The van der Waals surface area contributed by atoms with Crippen molar-refractivity contribution in [1.82, 2.24) is 4.98 Å². The maximum atomic E-state index is 11.7. The first-order valence-electron chi connectivity index (χ1n) is 7.25. The van der Waals surface area contributed by atoms with Gasteiger partial charge in [-0.25, -0.2) is 0 Å². The standard InChI is InChI=1S/C17H22N2O2/c1-12(2)9-17(11-18,16(20)21)10-14-8-7-13-5-3-4-6-15(13)19-14/h3-8,12H,9-11,18H2,1-2H3,(H,20,21). The average Bonchev–Trinajstić information content (AvgIpc) is 2.45. The van der Waals surface area contributed by atoms with E-state index < -0.39 is 11.4 Å². The van der Waals surface area contributed by atoms with E-state index in [0.717, 1.165) is 16.6 Å². The molecule has 0 aliphatic rings. The van der Waals surface area contributed by atoms with Crippen molar-refractivity contribution < 1.29 is 9.90 Å². The maximum Gasteiger partial charge on any atom is 0.311 e. The van der Waals surface area contributed by atoms with Crippen molar-refractivity contribution in [2.45, 2.75) is 26.7 Å². The molecule has 1 heterocycles. The number of nitrogens with zero attached hydrogens (tertiary/aromatic N) is 1. The first kappa shape index (κ1) is 15.4. The zero-order chi connectivity index (χ0) is 15.5. The molecule has 21 heavy (non-hydrogen) atoms. The molecule has 3 N–H and O–H groups in total. The molecule has 0 saturated heterocycles. The summed E-state index contributed by atoms with van der Waals surface area (Å²) in [6.45, 7) is 4.15. The van der Waals surface area contributed by atoms with Gasteiger partial charge in [-0.3, -0.25) is 9.78 Å². The lowest BCUT2D eigenvalue weighted by atomic mass is 9.76. The molecule has 1 aromatic heterocycles. The first-order valence-corrected chi connectivity index (χ1v) is 7.25. The van der Waals surface area contributed by atoms with E-state index in [-0.39, 0.29) is 12.5 Å². The summed E-state index contributed by atoms with van der Waals surface area (Å²) >= 11 is 0. The number of carboxylic acid groups (broad SMARTS) is 1. The minimum Gasteiger partial charge on any atom is -0.481 e. The fourth-order valence-corrected chi connectivity index (χ4v) is 2.81. The summed E-state index contributed by atoms with van der Waals surface area (Å²) in [4.78, 5) is 16.3. The Bertz CT molecular complexity index is 639. The zero-order valence-corrected chi connectivity index (χ0v) is 12.5. The van der Waals surface area contributed by atoms with Crippen molar-refractivity contribution in [3.05, 3.63) is 42.1 Å². The number of aliphatic carboxylic acids is 1. The lowest BCUT2D eigenvalue weighted by Gasteiger charge is -2.29. The predicted octanol–water partition coefficient (Wildman–Crippen LogP) is 2.85. The molecule has 1 atom stereocenters. The van der Waals surface area contributed by atoms with Crippen LogP contribution >= 0.6 is 0 Å². The van der Waals surface area contributed by atoms with Crippen LogP contribution in [0.3, 0.4) is 0 Å². The van der Waals surface area contributed by atoms with E-state index in [1.165, 1.54) is 0 Å². The van der Waals surface area contributed by atoms with Crippen LogP contribution in [0.1, 0.15) is 26.0 Å². The summed E-state index contributed by atoms with van der Waals surface area (Å²) < 4.78 is 0. The van der Waals surface area contributed by atoms with Gasteiger partial charge in [0, 0.05) is 24.0 Å². The Hall–Kier alpha value is -1.94. The monoisotopic (exact) mass is 286 g/mol. The molecular weight excluding hydrogens is 264 g/mol. The summed E-state index contributed by atoms with van der Waals surface area (Å²) in [7, 11) is 0. The molecule has 2 rings (SSSR count). The SMILES string of the molecule is CC(C)CC(CN)(Cc1ccc2ccccc2n1)C(=O)O. The van der Waals surface area contributed by atoms with Crippen LogP contribution in [0.15, 0.2) is 36.4 Å². The molecule has 0 aliphatic heterocycles. The molecule has 4 heteroatoms. The van der Waals surface area contributed by atoms with Crippen molar-refractivity contribution in [3.63, 3.8) is 0 Å². The number of carboxylic acids is 1. The fourth-order valence-electron chi connectivity index (χ4n) is 2.81. The van der Waals surface area contributed by atoms with E-state index in [2.05, 4.69) is 4.98 Å². The molecule has 0 spiro atoms. The summed E-state index contributed by atoms with van der Waals surface area (Å²) in [5, 5.41) is 10.7. The molecule has 0 aliphatic carbocycles. The number of fused-ring (bicyclic) bond motifs is 1. The largest absolute Gasteiger partial charge is 0.481 e. The molecule has 0 bridgehead atoms. The van der Waals surface area contributed by atoms with Gasteiger partial charge in [0.05, 0.1) is 10.9 Å². The molecule has 1 aromatic carbocycles. The minimum atomic E-state index is -0.941. The highest BCUT2D eigenvalue weighted by Gasteiger charge is 2.38. The van der Waals surface area contributed by atoms with Gasteiger partial charge in [-0.15, -0.1) is 0 Å². The van der Waals surface area contributed by atoms with E-state index >= 15 is 0 Å². The highest BCUT2D eigenvalue weighted by Crippen LogP contribution is 2.30. The quantitative estimate of drug-likeness (QED) is 0.856. The molecular formula is C17H22N2O2. The lowest BCUT2D eigenvalue weighted by Crippen LogP contribution is -2.42. The summed E-state index contributed by atoms with van der Waals surface area (Å²) in [6.07, 6.45) is 0.912. The Labute approximate surface area is 125 Å². The Morgan fingerprint density at radius 2 is 2.00 bits per heavy atom. The van der Waals surface area contributed by atoms with Crippen LogP contribution in [-0.4, -0.2) is 22.6 Å². The predicted molar refractivity (Wildman–Crippen MR) is 84.0 cm³/mol. The molecule has 1 unspecified atom stereocenters. The number of aromatic nitrogens is 1. The van der Waals surface area contributed by atoms with Crippen LogP contribution in [0.5, 0.6) is 0 Å². The smallest absolute Gasteiger partial charge is 0.311 e. The number of hydrogen-bond donors (Lipinski definition) is 2. The fraction of sp³-hybridized carbons (Fsp3) is 0.412. The second-order valence-electron chi connectivity index (χ2n) is 6.06. The highest BCUT2D eigenvalue weighted by atomic mass is 16.4. The van der Waals surface area contributed by atoms with E-state index in [1.807, 2.05) is 50.2 Å². The van der Waals surface area contributed by atoms with E-state index in [1.54, 1.807) is 0 Å². The van der Waals surface area contributed by atoms with Crippen molar-refractivity contribution in [1.29, 1.82) is 0 Å². The Balaban J connectivity index is 2.35. The third kappa shape index (κ3) is 3.39. The van der Waals surface area contributed by atoms with Crippen molar-refractivity contribution in [2.24, 2.45) is 17.1 Å². The van der Waals surface area contributed by atoms with Crippen molar-refractivity contribution in [3.8, 4) is 0 Å². The minimum absolute atomic E-state index is 0.120. The number of pyridine rings is 1. The average molecular weight is 286 g/mol. The van der Waals surface area contributed by atoms with Gasteiger partial charge in [-0.2, -0.15) is 0 Å². The van der Waals surface area contributed by atoms with Gasteiger partial charge >= 0.3 is 5.97 Å². The number of rotatable bonds is 6. The van der Waals surface area contributed by atoms with Crippen LogP contribution in [-0.2, 0) is 11.2 Å². The number of nitrogens with two attached hydrogens (primary N) is 1. The number of hydrogen-bond acceptors (Lipinski definition) is 3. The van der Waals surface area contributed by atoms with Crippen LogP contribution < -0.4 is 5.73 Å². The molecule has 4 nitrogen and oxygen atoms in total. The topological polar surface area (TPSA) is 76.2 Å². The van der Waals surface area contributed by atoms with Crippen LogP contribution in [0.2, 0.25) is 0 Å². The van der Waals surface area contributed by atoms with Crippen molar-refractivity contribution in [2.75, 3.05) is 6.54 Å². The van der Waals surface area contributed by atoms with Gasteiger partial charge in [0.1, 0.15) is 0 Å². The molecule has 0 radical (unpaired) electrons. The van der Waals surface area contributed by atoms with E-state index in [0.29, 0.717) is 12.8 Å². The second-order valence-corrected chi connectivity index (χ2v) is 6.06. The van der Waals surface area contributed by atoms with E-state index in [4.69, 9.17) is 5.73 Å². The molecule has 0 fully saturated rings. The van der Waals surface area contributed by atoms with Crippen LogP contribution in [0.4, 0.5) is 0 Å². The van der Waals surface area contributed by atoms with Gasteiger partial charge in [0.15, 0.2) is 0 Å². The number of carbonyl (C=O) groups is 1. The van der Waals surface area contributed by atoms with Crippen LogP contribution in [0, 0.1) is 11.3 Å². The third-order valence-electron chi connectivity index (χ3n) is 3.82. The molecule has 0 amide bonds. The van der Waals surface area contributed by atoms with Gasteiger partial charge < -0.3 is 10.8 Å². The third-order valence-corrected chi connectivity index (χ3v) is 3.82. The Morgan fingerprint density at radius 1 is 1.29 bits per heavy atom. The first-order chi connectivity index (χ1) is 9.97. The maximum absolute atomic E-state index is 11.7. The summed E-state index contributed by atoms with van der Waals surface area (Å²) in [5.74, 6) is -0.571. The summed E-state index contributed by atoms with van der Waals surface area (Å²) in [5.41, 5.74) is 6.53. The van der Waals surface area contributed by atoms with Crippen molar-refractivity contribution >= 4 is 16.9 Å². The number of benzene rings is 1. The van der Waals surface area contributed by atoms with Crippen LogP contribution in [0.25, 0.3) is 10.9 Å². The normalized spacial score (nSPS) is 14.3. The van der Waals surface area contributed by atoms with Gasteiger partial charge in [0.25, 0.3) is 0 Å². The molecule has 112 valence electrons.